The van der Waals surface area contributed by atoms with Gasteiger partial charge in [0.1, 0.15) is 0 Å². The number of halogens is 2. The van der Waals surface area contributed by atoms with Crippen LogP contribution in [-0.4, -0.2) is 0 Å². The van der Waals surface area contributed by atoms with E-state index in [0.29, 0.717) is 0 Å². The van der Waals surface area contributed by atoms with Crippen molar-refractivity contribution >= 4 is 24.8 Å². The van der Waals surface area contributed by atoms with Crippen LogP contribution in [0, 0.1) is 37.0 Å². The molecule has 0 spiro atoms. The molecule has 114 valence electrons. The fourth-order valence-corrected chi connectivity index (χ4v) is 0. The third-order valence-electron chi connectivity index (χ3n) is 0. The normalized spacial score (nSPS) is 10.0. The van der Waals surface area contributed by atoms with Crippen molar-refractivity contribution in [2.24, 2.45) is 16.2 Å². The van der Waals surface area contributed by atoms with Gasteiger partial charge in [0.2, 0.25) is 0 Å². The van der Waals surface area contributed by atoms with Gasteiger partial charge in [0.05, 0.1) is 0 Å². The van der Waals surface area contributed by atoms with Crippen molar-refractivity contribution in [2.45, 2.75) is 62.3 Å². The summed E-state index contributed by atoms with van der Waals surface area (Å²) < 4.78 is 0. The van der Waals surface area contributed by atoms with E-state index in [-0.39, 0.29) is 63.4 Å². The first-order chi connectivity index (χ1) is 6.00. The van der Waals surface area contributed by atoms with Crippen LogP contribution in [0.4, 0.5) is 0 Å². The van der Waals surface area contributed by atoms with Crippen molar-refractivity contribution < 1.29 is 22.4 Å². The first-order valence-electron chi connectivity index (χ1n) is 5.56. The van der Waals surface area contributed by atoms with E-state index in [9.17, 15) is 0 Å². The molecule has 18 heavy (non-hydrogen) atoms. The molecule has 0 aromatic heterocycles. The molecule has 0 saturated heterocycles. The second-order valence-corrected chi connectivity index (χ2v) is 7.68. The SMILES string of the molecule is Cl.Cl.[CH2-]C(C)(C)C.[CH2-]C(C)(C)C.[CH2-]C(C)(C)C.[Nb+3]. The number of rotatable bonds is 0. The van der Waals surface area contributed by atoms with Crippen LogP contribution in [0.15, 0.2) is 0 Å². The van der Waals surface area contributed by atoms with Gasteiger partial charge in [-0.3, -0.25) is 0 Å². The van der Waals surface area contributed by atoms with Gasteiger partial charge in [-0.2, -0.15) is 16.2 Å². The monoisotopic (exact) mass is 378 g/mol. The summed E-state index contributed by atoms with van der Waals surface area (Å²) in [6.07, 6.45) is 0. The number of hydrogen-bond donors (Lipinski definition) is 0. The van der Waals surface area contributed by atoms with E-state index in [4.69, 9.17) is 0 Å². The van der Waals surface area contributed by atoms with Crippen LogP contribution in [-0.2, 0) is 22.4 Å². The predicted octanol–water partition coefficient (Wildman–Crippen LogP) is 6.44. The van der Waals surface area contributed by atoms with Crippen LogP contribution in [0.3, 0.4) is 0 Å². The Morgan fingerprint density at radius 2 is 0.444 bits per heavy atom. The van der Waals surface area contributed by atoms with E-state index in [1.54, 1.807) is 0 Å². The molecular weight excluding hydrogens is 344 g/mol. The maximum Gasteiger partial charge on any atom is 3.00 e. The Morgan fingerprint density at radius 1 is 0.444 bits per heavy atom. The largest absolute Gasteiger partial charge is 3.00 e. The molecule has 0 aliphatic heterocycles. The minimum absolute atomic E-state index is 0. The van der Waals surface area contributed by atoms with Crippen LogP contribution >= 0.6 is 24.8 Å². The first kappa shape index (κ1) is 36.5. The van der Waals surface area contributed by atoms with Crippen LogP contribution < -0.4 is 0 Å². The second-order valence-electron chi connectivity index (χ2n) is 7.68. The summed E-state index contributed by atoms with van der Waals surface area (Å²) in [4.78, 5) is 0. The summed E-state index contributed by atoms with van der Waals surface area (Å²) in [6, 6.07) is 0. The van der Waals surface area contributed by atoms with E-state index in [0.717, 1.165) is 0 Å². The van der Waals surface area contributed by atoms with Gasteiger partial charge in [-0.15, -0.1) is 24.8 Å². The van der Waals surface area contributed by atoms with Crippen molar-refractivity contribution in [1.29, 1.82) is 0 Å². The Morgan fingerprint density at radius 3 is 0.444 bits per heavy atom. The van der Waals surface area contributed by atoms with E-state index in [1.165, 1.54) is 0 Å². The topological polar surface area (TPSA) is 0 Å². The molecule has 0 rings (SSSR count). The molecule has 0 N–H and O–H groups in total. The van der Waals surface area contributed by atoms with Gasteiger partial charge in [-0.1, -0.05) is 62.3 Å². The second kappa shape index (κ2) is 14.7. The number of hydrogen-bond acceptors (Lipinski definition) is 0. The molecule has 0 aliphatic rings. The van der Waals surface area contributed by atoms with Gasteiger partial charge in [0.25, 0.3) is 0 Å². The Labute approximate surface area is 146 Å². The summed E-state index contributed by atoms with van der Waals surface area (Å²) in [5, 5.41) is 0. The molecule has 0 atom stereocenters. The summed E-state index contributed by atoms with van der Waals surface area (Å²) >= 11 is 0. The maximum absolute atomic E-state index is 3.77. The standard InChI is InChI=1S/3C5H11.2ClH.Nb/c3*1-5(2,3)4;;;/h3*1H2,2-4H3;2*1H;/q3*-1;;;+3. The molecule has 0 aromatic rings. The van der Waals surface area contributed by atoms with E-state index >= 15 is 0 Å². The molecule has 0 unspecified atom stereocenters. The quantitative estimate of drug-likeness (QED) is 0.336. The summed E-state index contributed by atoms with van der Waals surface area (Å²) in [7, 11) is 0. The van der Waals surface area contributed by atoms with Crippen molar-refractivity contribution in [3.63, 3.8) is 0 Å². The van der Waals surface area contributed by atoms with Crippen molar-refractivity contribution in [1.82, 2.24) is 0 Å². The summed E-state index contributed by atoms with van der Waals surface area (Å²) in [5.74, 6) is 0. The molecule has 0 heterocycles. The van der Waals surface area contributed by atoms with Crippen molar-refractivity contribution in [3.8, 4) is 0 Å². The fraction of sp³-hybridized carbons (Fsp3) is 0.800. The van der Waals surface area contributed by atoms with Gasteiger partial charge in [0.15, 0.2) is 0 Å². The Balaban J connectivity index is -0.0000000277. The molecule has 0 bridgehead atoms. The molecule has 0 radical (unpaired) electrons. The van der Waals surface area contributed by atoms with Crippen LogP contribution in [0.1, 0.15) is 62.3 Å². The Bertz CT molecular complexity index is 89.5. The average Bonchev–Trinajstić information content (AvgIpc) is 1.41. The minimum Gasteiger partial charge on any atom is -0.338 e. The van der Waals surface area contributed by atoms with Crippen molar-refractivity contribution in [2.75, 3.05) is 0 Å². The van der Waals surface area contributed by atoms with Gasteiger partial charge in [-0.05, 0) is 0 Å². The molecule has 0 fully saturated rings. The Hall–Kier alpha value is 1.32. The van der Waals surface area contributed by atoms with E-state index < -0.39 is 0 Å². The van der Waals surface area contributed by atoms with Crippen LogP contribution in [0.5, 0.6) is 0 Å². The molecular formula is C15H35Cl2Nb. The zero-order chi connectivity index (χ0) is 13.5. The van der Waals surface area contributed by atoms with Gasteiger partial charge in [0, 0.05) is 0 Å². The zero-order valence-corrected chi connectivity index (χ0v) is 17.7. The van der Waals surface area contributed by atoms with E-state index in [2.05, 4.69) is 83.1 Å². The molecule has 3 heteroatoms. The Kier molecular flexibility index (Phi) is 29.9. The third kappa shape index (κ3) is 2650. The predicted molar refractivity (Wildman–Crippen MR) is 88.9 cm³/mol. The summed E-state index contributed by atoms with van der Waals surface area (Å²) in [6.45, 7) is 30.0. The smallest absolute Gasteiger partial charge is 0.338 e. The van der Waals surface area contributed by atoms with Gasteiger partial charge in [-0.25, -0.2) is 0 Å². The average molecular weight is 379 g/mol. The molecule has 0 aliphatic carbocycles. The zero-order valence-electron chi connectivity index (χ0n) is 13.9. The van der Waals surface area contributed by atoms with Crippen LogP contribution in [0.2, 0.25) is 0 Å². The van der Waals surface area contributed by atoms with E-state index in [1.807, 2.05) is 0 Å². The molecule has 0 amide bonds. The molecule has 0 aromatic carbocycles. The minimum atomic E-state index is 0. The third-order valence-corrected chi connectivity index (χ3v) is 0. The van der Waals surface area contributed by atoms with Crippen molar-refractivity contribution in [3.05, 3.63) is 20.8 Å². The molecule has 0 saturated carbocycles. The van der Waals surface area contributed by atoms with Gasteiger partial charge < -0.3 is 20.8 Å². The van der Waals surface area contributed by atoms with Gasteiger partial charge >= 0.3 is 22.4 Å². The van der Waals surface area contributed by atoms with Crippen LogP contribution in [0.25, 0.3) is 0 Å². The molecule has 0 nitrogen and oxygen atoms in total. The summed E-state index contributed by atoms with van der Waals surface area (Å²) in [5.41, 5.74) is 0.750. The maximum atomic E-state index is 3.77. The fourth-order valence-electron chi connectivity index (χ4n) is 0. The first-order valence-corrected chi connectivity index (χ1v) is 5.56.